The van der Waals surface area contributed by atoms with Crippen molar-refractivity contribution in [2.75, 3.05) is 35.6 Å². The van der Waals surface area contributed by atoms with Crippen molar-refractivity contribution in [3.63, 3.8) is 0 Å². The standard InChI is InChI=1S/C19H22N2O5S/c1-14-11-15(21-9-4-10-27(21,23)24)7-8-18(14)20-19(22)13-26-17-6-3-5-16(12-17)25-2/h3,5-8,11-12H,4,9-10,13H2,1-2H3,(H,20,22). The number of methoxy groups -OCH3 is 1. The summed E-state index contributed by atoms with van der Waals surface area (Å²) in [6.45, 7) is 2.17. The zero-order valence-electron chi connectivity index (χ0n) is 15.3. The molecule has 2 aromatic rings. The molecule has 1 fully saturated rings. The summed E-state index contributed by atoms with van der Waals surface area (Å²) in [7, 11) is -1.66. The Kier molecular flexibility index (Phi) is 5.55. The second-order valence-electron chi connectivity index (χ2n) is 6.26. The molecule has 0 atom stereocenters. The van der Waals surface area contributed by atoms with E-state index in [9.17, 15) is 13.2 Å². The number of nitrogens with one attached hydrogen (secondary N) is 1. The SMILES string of the molecule is COc1cccc(OCC(=O)Nc2ccc(N3CCCS3(=O)=O)cc2C)c1. The van der Waals surface area contributed by atoms with E-state index in [-0.39, 0.29) is 18.3 Å². The van der Waals surface area contributed by atoms with Crippen molar-refractivity contribution in [2.24, 2.45) is 0 Å². The highest BCUT2D eigenvalue weighted by Crippen LogP contribution is 2.28. The number of rotatable bonds is 6. The van der Waals surface area contributed by atoms with E-state index in [0.717, 1.165) is 5.56 Å². The molecule has 3 rings (SSSR count). The van der Waals surface area contributed by atoms with E-state index in [4.69, 9.17) is 9.47 Å². The first-order chi connectivity index (χ1) is 12.9. The van der Waals surface area contributed by atoms with Crippen molar-refractivity contribution < 1.29 is 22.7 Å². The van der Waals surface area contributed by atoms with Gasteiger partial charge in [-0.2, -0.15) is 0 Å². The van der Waals surface area contributed by atoms with E-state index >= 15 is 0 Å². The third kappa shape index (κ3) is 4.51. The van der Waals surface area contributed by atoms with Crippen LogP contribution in [0.15, 0.2) is 42.5 Å². The molecule has 144 valence electrons. The fourth-order valence-corrected chi connectivity index (χ4v) is 4.46. The normalized spacial score (nSPS) is 15.4. The number of aryl methyl sites for hydroxylation is 1. The summed E-state index contributed by atoms with van der Waals surface area (Å²) < 4.78 is 36.1. The van der Waals surface area contributed by atoms with Crippen LogP contribution in [0.1, 0.15) is 12.0 Å². The van der Waals surface area contributed by atoms with Gasteiger partial charge in [0.1, 0.15) is 11.5 Å². The Morgan fingerprint density at radius 3 is 2.63 bits per heavy atom. The van der Waals surface area contributed by atoms with Crippen LogP contribution >= 0.6 is 0 Å². The molecule has 1 aliphatic heterocycles. The van der Waals surface area contributed by atoms with Crippen molar-refractivity contribution in [1.82, 2.24) is 0 Å². The molecule has 0 bridgehead atoms. The zero-order valence-corrected chi connectivity index (χ0v) is 16.1. The second-order valence-corrected chi connectivity index (χ2v) is 8.27. The van der Waals surface area contributed by atoms with E-state index in [0.29, 0.717) is 35.8 Å². The molecule has 27 heavy (non-hydrogen) atoms. The van der Waals surface area contributed by atoms with Crippen LogP contribution in [-0.4, -0.2) is 40.3 Å². The minimum absolute atomic E-state index is 0.144. The van der Waals surface area contributed by atoms with Crippen molar-refractivity contribution in [1.29, 1.82) is 0 Å². The predicted octanol–water partition coefficient (Wildman–Crippen LogP) is 2.56. The second kappa shape index (κ2) is 7.87. The summed E-state index contributed by atoms with van der Waals surface area (Å²) in [6, 6.07) is 12.2. The summed E-state index contributed by atoms with van der Waals surface area (Å²) in [4.78, 5) is 12.2. The average Bonchev–Trinajstić information content (AvgIpc) is 3.01. The van der Waals surface area contributed by atoms with Gasteiger partial charge in [-0.15, -0.1) is 0 Å². The van der Waals surface area contributed by atoms with Crippen molar-refractivity contribution in [3.8, 4) is 11.5 Å². The van der Waals surface area contributed by atoms with E-state index in [1.807, 2.05) is 6.92 Å². The van der Waals surface area contributed by atoms with Gasteiger partial charge in [0.15, 0.2) is 6.61 Å². The summed E-state index contributed by atoms with van der Waals surface area (Å²) in [6.07, 6.45) is 0.626. The van der Waals surface area contributed by atoms with Gasteiger partial charge in [-0.05, 0) is 49.2 Å². The molecule has 8 heteroatoms. The lowest BCUT2D eigenvalue weighted by Gasteiger charge is -2.18. The lowest BCUT2D eigenvalue weighted by molar-refractivity contribution is -0.118. The minimum Gasteiger partial charge on any atom is -0.497 e. The number of amides is 1. The van der Waals surface area contributed by atoms with Crippen LogP contribution in [-0.2, 0) is 14.8 Å². The predicted molar refractivity (Wildman–Crippen MR) is 104 cm³/mol. The van der Waals surface area contributed by atoms with Gasteiger partial charge in [0, 0.05) is 18.3 Å². The van der Waals surface area contributed by atoms with Crippen LogP contribution in [0.5, 0.6) is 11.5 Å². The van der Waals surface area contributed by atoms with Crippen LogP contribution in [0.3, 0.4) is 0 Å². The topological polar surface area (TPSA) is 84.9 Å². The first-order valence-corrected chi connectivity index (χ1v) is 10.2. The summed E-state index contributed by atoms with van der Waals surface area (Å²) in [5.74, 6) is 1.06. The van der Waals surface area contributed by atoms with E-state index in [1.54, 1.807) is 49.6 Å². The van der Waals surface area contributed by atoms with Crippen LogP contribution in [0.25, 0.3) is 0 Å². The molecule has 0 aliphatic carbocycles. The quantitative estimate of drug-likeness (QED) is 0.819. The smallest absolute Gasteiger partial charge is 0.262 e. The van der Waals surface area contributed by atoms with Gasteiger partial charge in [-0.3, -0.25) is 9.10 Å². The lowest BCUT2D eigenvalue weighted by Crippen LogP contribution is -2.25. The molecule has 0 unspecified atom stereocenters. The number of carbonyl (C=O) groups excluding carboxylic acids is 1. The third-order valence-electron chi connectivity index (χ3n) is 4.28. The molecule has 1 aliphatic rings. The van der Waals surface area contributed by atoms with Crippen LogP contribution < -0.4 is 19.1 Å². The largest absolute Gasteiger partial charge is 0.497 e. The van der Waals surface area contributed by atoms with Gasteiger partial charge in [-0.1, -0.05) is 6.07 Å². The number of nitrogens with zero attached hydrogens (tertiary/aromatic N) is 1. The average molecular weight is 390 g/mol. The summed E-state index contributed by atoms with van der Waals surface area (Å²) >= 11 is 0. The van der Waals surface area contributed by atoms with E-state index in [1.165, 1.54) is 4.31 Å². The first kappa shape index (κ1) is 19.0. The van der Waals surface area contributed by atoms with Gasteiger partial charge in [0.05, 0.1) is 18.6 Å². The Labute approximate surface area is 158 Å². The molecule has 1 N–H and O–H groups in total. The molecule has 0 saturated carbocycles. The first-order valence-electron chi connectivity index (χ1n) is 8.57. The van der Waals surface area contributed by atoms with Gasteiger partial charge in [0.25, 0.3) is 5.91 Å². The Bertz CT molecular complexity index is 943. The number of hydrogen-bond donors (Lipinski definition) is 1. The maximum absolute atomic E-state index is 12.2. The van der Waals surface area contributed by atoms with E-state index in [2.05, 4.69) is 5.32 Å². The third-order valence-corrected chi connectivity index (χ3v) is 6.15. The lowest BCUT2D eigenvalue weighted by atomic mass is 10.1. The van der Waals surface area contributed by atoms with Gasteiger partial charge in [0.2, 0.25) is 10.0 Å². The van der Waals surface area contributed by atoms with Crippen molar-refractivity contribution in [2.45, 2.75) is 13.3 Å². The Balaban J connectivity index is 1.62. The number of hydrogen-bond acceptors (Lipinski definition) is 5. The Morgan fingerprint density at radius 1 is 1.19 bits per heavy atom. The minimum atomic E-state index is -3.22. The van der Waals surface area contributed by atoms with Gasteiger partial charge >= 0.3 is 0 Å². The van der Waals surface area contributed by atoms with Gasteiger partial charge in [-0.25, -0.2) is 8.42 Å². The molecule has 1 heterocycles. The highest BCUT2D eigenvalue weighted by molar-refractivity contribution is 7.93. The summed E-state index contributed by atoms with van der Waals surface area (Å²) in [5.41, 5.74) is 2.02. The maximum Gasteiger partial charge on any atom is 0.262 e. The van der Waals surface area contributed by atoms with Gasteiger partial charge < -0.3 is 14.8 Å². The van der Waals surface area contributed by atoms with Crippen LogP contribution in [0, 0.1) is 6.92 Å². The molecule has 7 nitrogen and oxygen atoms in total. The fourth-order valence-electron chi connectivity index (χ4n) is 2.90. The van der Waals surface area contributed by atoms with Crippen LogP contribution in [0.4, 0.5) is 11.4 Å². The number of sulfonamides is 1. The molecular weight excluding hydrogens is 368 g/mol. The number of anilines is 2. The number of ether oxygens (including phenoxy) is 2. The van der Waals surface area contributed by atoms with Crippen LogP contribution in [0.2, 0.25) is 0 Å². The van der Waals surface area contributed by atoms with Crippen molar-refractivity contribution in [3.05, 3.63) is 48.0 Å². The molecule has 0 aromatic heterocycles. The molecule has 0 radical (unpaired) electrons. The monoisotopic (exact) mass is 390 g/mol. The fraction of sp³-hybridized carbons (Fsp3) is 0.316. The summed E-state index contributed by atoms with van der Waals surface area (Å²) in [5, 5.41) is 2.78. The highest BCUT2D eigenvalue weighted by atomic mass is 32.2. The molecule has 0 spiro atoms. The highest BCUT2D eigenvalue weighted by Gasteiger charge is 2.28. The Morgan fingerprint density at radius 2 is 1.96 bits per heavy atom. The molecule has 1 amide bonds. The molecule has 1 saturated heterocycles. The maximum atomic E-state index is 12.2. The molecule has 2 aromatic carbocycles. The Hall–Kier alpha value is -2.74. The zero-order chi connectivity index (χ0) is 19.4. The van der Waals surface area contributed by atoms with Crippen molar-refractivity contribution >= 4 is 27.3 Å². The number of carbonyl (C=O) groups is 1. The van der Waals surface area contributed by atoms with E-state index < -0.39 is 10.0 Å². The molecular formula is C19H22N2O5S. The number of benzene rings is 2.